The number of carbonyl (C=O) groups excluding carboxylic acids is 2. The van der Waals surface area contributed by atoms with Crippen LogP contribution in [0.4, 0.5) is 4.79 Å². The number of nitrogens with one attached hydrogen (secondary N) is 1. The minimum atomic E-state index is -1.10. The first kappa shape index (κ1) is 18.2. The number of carbonyl (C=O) groups is 3. The minimum absolute atomic E-state index is 0.130. The third-order valence-corrected chi connectivity index (χ3v) is 3.04. The maximum atomic E-state index is 12.1. The molecule has 0 spiro atoms. The van der Waals surface area contributed by atoms with Crippen molar-refractivity contribution < 1.29 is 24.2 Å². The first-order valence-electron chi connectivity index (χ1n) is 7.16. The lowest BCUT2D eigenvalue weighted by atomic mass is 10.1. The molecule has 1 aliphatic rings. The number of rotatable bonds is 4. The van der Waals surface area contributed by atoms with E-state index in [1.165, 1.54) is 0 Å². The summed E-state index contributed by atoms with van der Waals surface area (Å²) in [6.45, 7) is 5.49. The third-order valence-electron chi connectivity index (χ3n) is 3.04. The van der Waals surface area contributed by atoms with Crippen molar-refractivity contribution in [1.29, 1.82) is 0 Å². The van der Waals surface area contributed by atoms with Gasteiger partial charge in [-0.05, 0) is 34.9 Å². The fraction of sp³-hybridized carbons (Fsp3) is 0.786. The van der Waals surface area contributed by atoms with Gasteiger partial charge in [-0.25, -0.2) is 9.59 Å². The molecular weight excluding hydrogens is 290 g/mol. The molecule has 2 atom stereocenters. The van der Waals surface area contributed by atoms with Gasteiger partial charge in [0.1, 0.15) is 11.6 Å². The van der Waals surface area contributed by atoms with Crippen LogP contribution in [0.2, 0.25) is 0 Å². The monoisotopic (exact) mass is 315 g/mol. The molecule has 0 aromatic rings. The number of hydrogen-bond donors (Lipinski definition) is 2. The van der Waals surface area contributed by atoms with E-state index in [1.54, 1.807) is 39.8 Å². The summed E-state index contributed by atoms with van der Waals surface area (Å²) >= 11 is 0. The van der Waals surface area contributed by atoms with E-state index in [4.69, 9.17) is 4.74 Å². The lowest BCUT2D eigenvalue weighted by Crippen LogP contribution is -2.44. The van der Waals surface area contributed by atoms with Gasteiger partial charge >= 0.3 is 12.1 Å². The van der Waals surface area contributed by atoms with Gasteiger partial charge in [0.25, 0.3) is 0 Å². The van der Waals surface area contributed by atoms with Gasteiger partial charge in [-0.15, -0.1) is 0 Å². The van der Waals surface area contributed by atoms with Gasteiger partial charge in [-0.3, -0.25) is 9.69 Å². The van der Waals surface area contributed by atoms with Crippen LogP contribution < -0.4 is 5.32 Å². The Hall–Kier alpha value is -1.83. The van der Waals surface area contributed by atoms with E-state index in [9.17, 15) is 19.5 Å². The molecule has 2 N–H and O–H groups in total. The average Bonchev–Trinajstić information content (AvgIpc) is 2.69. The van der Waals surface area contributed by atoms with Gasteiger partial charge in [-0.1, -0.05) is 0 Å². The molecule has 126 valence electrons. The Balaban J connectivity index is 2.71. The van der Waals surface area contributed by atoms with Crippen molar-refractivity contribution in [3.05, 3.63) is 0 Å². The first-order valence-corrected chi connectivity index (χ1v) is 7.16. The second-order valence-corrected chi connectivity index (χ2v) is 6.72. The Morgan fingerprint density at radius 2 is 1.91 bits per heavy atom. The number of likely N-dealkylation sites (N-methyl/N-ethyl adjacent to an activating group) is 1. The van der Waals surface area contributed by atoms with Crippen LogP contribution in [0.25, 0.3) is 0 Å². The van der Waals surface area contributed by atoms with Crippen LogP contribution in [0.1, 0.15) is 27.2 Å². The van der Waals surface area contributed by atoms with Crippen LogP contribution >= 0.6 is 0 Å². The first-order chi connectivity index (χ1) is 9.99. The summed E-state index contributed by atoms with van der Waals surface area (Å²) < 4.78 is 5.22. The molecular formula is C14H25N3O5. The van der Waals surface area contributed by atoms with Gasteiger partial charge < -0.3 is 20.1 Å². The molecule has 0 aliphatic carbocycles. The maximum Gasteiger partial charge on any atom is 0.411 e. The van der Waals surface area contributed by atoms with Crippen LogP contribution in [-0.4, -0.2) is 77.7 Å². The molecule has 2 amide bonds. The van der Waals surface area contributed by atoms with Gasteiger partial charge in [-0.2, -0.15) is 0 Å². The Bertz CT molecular complexity index is 444. The number of hydrogen-bond acceptors (Lipinski definition) is 5. The predicted molar refractivity (Wildman–Crippen MR) is 79.5 cm³/mol. The molecule has 1 fully saturated rings. The van der Waals surface area contributed by atoms with Crippen molar-refractivity contribution in [3.63, 3.8) is 0 Å². The normalized spacial score (nSPS) is 21.8. The number of amides is 2. The van der Waals surface area contributed by atoms with Crippen LogP contribution in [0.5, 0.6) is 0 Å². The Labute approximate surface area is 130 Å². The molecule has 2 unspecified atom stereocenters. The zero-order valence-electron chi connectivity index (χ0n) is 13.8. The van der Waals surface area contributed by atoms with Gasteiger partial charge in [0, 0.05) is 19.0 Å². The second-order valence-electron chi connectivity index (χ2n) is 6.72. The topological polar surface area (TPSA) is 99.2 Å². The van der Waals surface area contributed by atoms with E-state index in [2.05, 4.69) is 5.32 Å². The fourth-order valence-electron chi connectivity index (χ4n) is 2.26. The molecule has 0 aromatic heterocycles. The molecule has 1 aliphatic heterocycles. The Morgan fingerprint density at radius 1 is 1.32 bits per heavy atom. The number of carboxylic acids is 1. The number of nitrogens with zero attached hydrogens (tertiary/aromatic N) is 2. The highest BCUT2D eigenvalue weighted by molar-refractivity contribution is 5.82. The van der Waals surface area contributed by atoms with E-state index >= 15 is 0 Å². The molecule has 0 aromatic carbocycles. The van der Waals surface area contributed by atoms with Crippen LogP contribution in [-0.2, 0) is 14.3 Å². The lowest BCUT2D eigenvalue weighted by molar-refractivity contribution is -0.142. The number of likely N-dealkylation sites (tertiary alicyclic amines) is 1. The molecule has 1 heterocycles. The molecule has 22 heavy (non-hydrogen) atoms. The summed E-state index contributed by atoms with van der Waals surface area (Å²) in [5.41, 5.74) is -0.702. The summed E-state index contributed by atoms with van der Waals surface area (Å²) in [5, 5.41) is 12.0. The highest BCUT2D eigenvalue weighted by Gasteiger charge is 2.42. The zero-order valence-corrected chi connectivity index (χ0v) is 13.8. The summed E-state index contributed by atoms with van der Waals surface area (Å²) in [5.74, 6) is -1.31. The smallest absolute Gasteiger partial charge is 0.411 e. The molecule has 8 nitrogen and oxygen atoms in total. The summed E-state index contributed by atoms with van der Waals surface area (Å²) in [6.07, 6.45) is -0.502. The van der Waals surface area contributed by atoms with Gasteiger partial charge in [0.05, 0.1) is 6.54 Å². The van der Waals surface area contributed by atoms with E-state index in [0.717, 1.165) is 4.90 Å². The molecule has 1 saturated heterocycles. The fourth-order valence-corrected chi connectivity index (χ4v) is 2.26. The summed E-state index contributed by atoms with van der Waals surface area (Å²) in [4.78, 5) is 38.1. The number of aliphatic carboxylic acids is 1. The van der Waals surface area contributed by atoms with Crippen LogP contribution in [0.3, 0.4) is 0 Å². The van der Waals surface area contributed by atoms with Crippen LogP contribution in [0, 0.1) is 0 Å². The highest BCUT2D eigenvalue weighted by Crippen LogP contribution is 2.21. The van der Waals surface area contributed by atoms with Crippen molar-refractivity contribution in [2.45, 2.75) is 44.9 Å². The molecule has 0 radical (unpaired) electrons. The molecule has 8 heteroatoms. The lowest BCUT2D eigenvalue weighted by Gasteiger charge is -2.26. The number of carboxylic acid groups (broad SMARTS) is 1. The average molecular weight is 315 g/mol. The van der Waals surface area contributed by atoms with E-state index < -0.39 is 23.7 Å². The number of ether oxygens (including phenoxy) is 1. The highest BCUT2D eigenvalue weighted by atomic mass is 16.6. The van der Waals surface area contributed by atoms with Crippen molar-refractivity contribution in [3.8, 4) is 0 Å². The largest absolute Gasteiger partial charge is 0.480 e. The zero-order chi connectivity index (χ0) is 17.1. The van der Waals surface area contributed by atoms with E-state index in [0.29, 0.717) is 0 Å². The standard InChI is InChI=1S/C14H25N3O5/c1-14(2,3)22-13(21)17-7-9(6-10(17)12(19)20)15-11(18)8-16(4)5/h9-10H,6-8H2,1-5H3,(H,15,18)(H,19,20). The van der Waals surface area contributed by atoms with E-state index in [1.807, 2.05) is 0 Å². The Kier molecular flexibility index (Phi) is 5.76. The second kappa shape index (κ2) is 6.95. The van der Waals surface area contributed by atoms with Crippen molar-refractivity contribution in [1.82, 2.24) is 15.1 Å². The minimum Gasteiger partial charge on any atom is -0.480 e. The van der Waals surface area contributed by atoms with Crippen LogP contribution in [0.15, 0.2) is 0 Å². The summed E-state index contributed by atoms with van der Waals surface area (Å²) in [6, 6.07) is -1.37. The van der Waals surface area contributed by atoms with Gasteiger partial charge in [0.15, 0.2) is 0 Å². The van der Waals surface area contributed by atoms with Crippen molar-refractivity contribution in [2.24, 2.45) is 0 Å². The van der Waals surface area contributed by atoms with Gasteiger partial charge in [0.2, 0.25) is 5.91 Å². The molecule has 0 bridgehead atoms. The Morgan fingerprint density at radius 3 is 2.36 bits per heavy atom. The van der Waals surface area contributed by atoms with E-state index in [-0.39, 0.29) is 31.5 Å². The molecule has 0 saturated carbocycles. The quantitative estimate of drug-likeness (QED) is 0.765. The van der Waals surface area contributed by atoms with Crippen molar-refractivity contribution in [2.75, 3.05) is 27.2 Å². The van der Waals surface area contributed by atoms with Crippen molar-refractivity contribution >= 4 is 18.0 Å². The molecule has 1 rings (SSSR count). The SMILES string of the molecule is CN(C)CC(=O)NC1CC(C(=O)O)N(C(=O)OC(C)(C)C)C1. The predicted octanol–water partition coefficient (Wildman–Crippen LogP) is 0.127. The maximum absolute atomic E-state index is 12.1. The summed E-state index contributed by atoms with van der Waals surface area (Å²) in [7, 11) is 3.53. The third kappa shape index (κ3) is 5.51.